The molecule has 2 aromatic rings. The Bertz CT molecular complexity index is 1090. The molecule has 2 N–H and O–H groups in total. The van der Waals surface area contributed by atoms with Crippen LogP contribution in [0, 0.1) is 0 Å². The number of aromatic nitrogens is 2. The normalized spacial score (nSPS) is 21.4. The minimum Gasteiger partial charge on any atom is -0.411 e. The molecule has 1 aliphatic rings. The van der Waals surface area contributed by atoms with Crippen molar-refractivity contribution in [3.8, 4) is 0 Å². The maximum absolute atomic E-state index is 12.5. The number of aromatic amines is 1. The summed E-state index contributed by atoms with van der Waals surface area (Å²) in [6.07, 6.45) is 4.18. The maximum Gasteiger partial charge on any atom is 0.330 e. The van der Waals surface area contributed by atoms with Crippen LogP contribution in [0.1, 0.15) is 44.5 Å². The molecule has 3 atom stereocenters. The third-order valence-electron chi connectivity index (χ3n) is 6.55. The van der Waals surface area contributed by atoms with Crippen LogP contribution in [0.2, 0.25) is 18.1 Å². The molecule has 0 spiro atoms. The maximum atomic E-state index is 12.5. The molecule has 0 bridgehead atoms. The second kappa shape index (κ2) is 11.0. The second-order valence-electron chi connectivity index (χ2n) is 10.1. The number of benzene rings is 1. The van der Waals surface area contributed by atoms with Crippen LogP contribution in [0.5, 0.6) is 0 Å². The molecule has 0 aliphatic carbocycles. The SMILES string of the molecule is CC(C)(C)[Si](C)(C)O[C@@H]1C[C@H](n2cc(COC/C=C/c3ccccc3)c(=O)[nH]c2=O)O[C@@H]1CO. The van der Waals surface area contributed by atoms with Gasteiger partial charge in [0.25, 0.3) is 5.56 Å². The summed E-state index contributed by atoms with van der Waals surface area (Å²) in [5.74, 6) is 0. The van der Waals surface area contributed by atoms with E-state index in [2.05, 4.69) is 38.8 Å². The zero-order valence-corrected chi connectivity index (χ0v) is 21.6. The Hall–Kier alpha value is -2.30. The van der Waals surface area contributed by atoms with E-state index in [9.17, 15) is 14.7 Å². The average Bonchev–Trinajstić information content (AvgIpc) is 3.16. The largest absolute Gasteiger partial charge is 0.411 e. The number of hydrogen-bond acceptors (Lipinski definition) is 6. The van der Waals surface area contributed by atoms with Gasteiger partial charge in [0.05, 0.1) is 31.5 Å². The van der Waals surface area contributed by atoms with Crippen molar-refractivity contribution in [3.63, 3.8) is 0 Å². The van der Waals surface area contributed by atoms with Crippen molar-refractivity contribution in [1.29, 1.82) is 0 Å². The lowest BCUT2D eigenvalue weighted by atomic mass is 10.2. The van der Waals surface area contributed by atoms with Gasteiger partial charge in [-0.05, 0) is 23.7 Å². The molecule has 9 heteroatoms. The van der Waals surface area contributed by atoms with Crippen molar-refractivity contribution >= 4 is 14.4 Å². The van der Waals surface area contributed by atoms with E-state index in [0.29, 0.717) is 18.6 Å². The molecule has 1 saturated heterocycles. The zero-order chi connectivity index (χ0) is 24.9. The zero-order valence-electron chi connectivity index (χ0n) is 20.6. The third-order valence-corrected chi connectivity index (χ3v) is 11.1. The summed E-state index contributed by atoms with van der Waals surface area (Å²) >= 11 is 0. The Balaban J connectivity index is 1.68. The fourth-order valence-corrected chi connectivity index (χ4v) is 4.90. The standard InChI is InChI=1S/C25H36N2O6Si/c1-25(2,3)34(4,5)33-20-14-22(32-21(20)16-28)27-15-19(23(29)26-24(27)30)17-31-13-9-12-18-10-7-6-8-11-18/h6-12,15,20-22,28H,13-14,16-17H2,1-5H3,(H,26,29,30)/b12-9+/t20-,21-,22-/m1/s1. The van der Waals surface area contributed by atoms with Gasteiger partial charge in [-0.25, -0.2) is 4.79 Å². The van der Waals surface area contributed by atoms with E-state index in [0.717, 1.165) is 5.56 Å². The van der Waals surface area contributed by atoms with E-state index >= 15 is 0 Å². The second-order valence-corrected chi connectivity index (χ2v) is 14.9. The number of rotatable bonds is 9. The van der Waals surface area contributed by atoms with Gasteiger partial charge < -0.3 is 19.0 Å². The van der Waals surface area contributed by atoms with E-state index in [-0.39, 0.29) is 24.4 Å². The first-order valence-electron chi connectivity index (χ1n) is 11.6. The number of H-pyrrole nitrogens is 1. The first kappa shape index (κ1) is 26.3. The lowest BCUT2D eigenvalue weighted by Crippen LogP contribution is -2.46. The van der Waals surface area contributed by atoms with Gasteiger partial charge >= 0.3 is 5.69 Å². The molecule has 1 fully saturated rings. The lowest BCUT2D eigenvalue weighted by Gasteiger charge is -2.39. The van der Waals surface area contributed by atoms with Gasteiger partial charge in [-0.3, -0.25) is 14.3 Å². The van der Waals surface area contributed by atoms with Gasteiger partial charge in [-0.1, -0.05) is 63.3 Å². The van der Waals surface area contributed by atoms with Crippen LogP contribution in [0.15, 0.2) is 52.2 Å². The Labute approximate surface area is 201 Å². The van der Waals surface area contributed by atoms with Crippen molar-refractivity contribution in [2.24, 2.45) is 0 Å². The van der Waals surface area contributed by atoms with Crippen molar-refractivity contribution in [2.45, 2.75) is 70.4 Å². The van der Waals surface area contributed by atoms with E-state index in [1.54, 1.807) is 0 Å². The molecule has 1 aromatic carbocycles. The molecule has 0 unspecified atom stereocenters. The van der Waals surface area contributed by atoms with Crippen LogP contribution >= 0.6 is 0 Å². The Morgan fingerprint density at radius 3 is 2.59 bits per heavy atom. The number of hydrogen-bond donors (Lipinski definition) is 2. The van der Waals surface area contributed by atoms with Crippen LogP contribution < -0.4 is 11.2 Å². The summed E-state index contributed by atoms with van der Waals surface area (Å²) in [5.41, 5.74) is 0.334. The molecule has 8 nitrogen and oxygen atoms in total. The summed E-state index contributed by atoms with van der Waals surface area (Å²) in [5, 5.41) is 9.86. The van der Waals surface area contributed by atoms with Crippen LogP contribution in [0.3, 0.4) is 0 Å². The smallest absolute Gasteiger partial charge is 0.330 e. The Kier molecular flexibility index (Phi) is 8.48. The fraction of sp³-hybridized carbons (Fsp3) is 0.520. The number of aliphatic hydroxyl groups is 1. The summed E-state index contributed by atoms with van der Waals surface area (Å²) in [4.78, 5) is 27.2. The van der Waals surface area contributed by atoms with Crippen LogP contribution in [0.4, 0.5) is 0 Å². The van der Waals surface area contributed by atoms with Gasteiger partial charge in [0.1, 0.15) is 12.3 Å². The summed E-state index contributed by atoms with van der Waals surface area (Å²) in [7, 11) is -2.10. The van der Waals surface area contributed by atoms with Crippen LogP contribution in [-0.2, 0) is 20.5 Å². The number of ether oxygens (including phenoxy) is 2. The van der Waals surface area contributed by atoms with Crippen molar-refractivity contribution < 1.29 is 19.0 Å². The highest BCUT2D eigenvalue weighted by Gasteiger charge is 2.45. The highest BCUT2D eigenvalue weighted by molar-refractivity contribution is 6.74. The molecule has 186 valence electrons. The van der Waals surface area contributed by atoms with Crippen molar-refractivity contribution in [1.82, 2.24) is 9.55 Å². The molecule has 1 aliphatic heterocycles. The molecular formula is C25H36N2O6Si. The van der Waals surface area contributed by atoms with E-state index < -0.39 is 31.9 Å². The fourth-order valence-electron chi connectivity index (χ4n) is 3.54. The first-order valence-corrected chi connectivity index (χ1v) is 14.5. The minimum absolute atomic E-state index is 0.000616. The van der Waals surface area contributed by atoms with E-state index in [1.807, 2.05) is 42.5 Å². The molecule has 0 amide bonds. The van der Waals surface area contributed by atoms with Gasteiger partial charge in [0.2, 0.25) is 0 Å². The molecule has 2 heterocycles. The van der Waals surface area contributed by atoms with Crippen molar-refractivity contribution in [3.05, 3.63) is 74.6 Å². The number of nitrogens with one attached hydrogen (secondary N) is 1. The van der Waals surface area contributed by atoms with Gasteiger partial charge in [-0.15, -0.1) is 0 Å². The van der Waals surface area contributed by atoms with E-state index in [1.165, 1.54) is 10.8 Å². The van der Waals surface area contributed by atoms with E-state index in [4.69, 9.17) is 13.9 Å². The predicted molar refractivity (Wildman–Crippen MR) is 134 cm³/mol. The van der Waals surface area contributed by atoms with Gasteiger partial charge in [0.15, 0.2) is 8.32 Å². The molecular weight excluding hydrogens is 452 g/mol. The molecule has 3 rings (SSSR count). The molecule has 0 saturated carbocycles. The summed E-state index contributed by atoms with van der Waals surface area (Å²) < 4.78 is 19.4. The highest BCUT2D eigenvalue weighted by Crippen LogP contribution is 2.40. The minimum atomic E-state index is -2.10. The summed E-state index contributed by atoms with van der Waals surface area (Å²) in [6.45, 7) is 10.9. The van der Waals surface area contributed by atoms with Crippen molar-refractivity contribution in [2.75, 3.05) is 13.2 Å². The monoisotopic (exact) mass is 488 g/mol. The Morgan fingerprint density at radius 2 is 1.94 bits per heavy atom. The molecule has 34 heavy (non-hydrogen) atoms. The number of aliphatic hydroxyl groups excluding tert-OH is 1. The Morgan fingerprint density at radius 1 is 1.24 bits per heavy atom. The molecule has 0 radical (unpaired) electrons. The predicted octanol–water partition coefficient (Wildman–Crippen LogP) is 3.44. The topological polar surface area (TPSA) is 103 Å². The first-order chi connectivity index (χ1) is 16.0. The quantitative estimate of drug-likeness (QED) is 0.414. The highest BCUT2D eigenvalue weighted by atomic mass is 28.4. The molecule has 1 aromatic heterocycles. The van der Waals surface area contributed by atoms with Gasteiger partial charge in [0, 0.05) is 12.6 Å². The average molecular weight is 489 g/mol. The summed E-state index contributed by atoms with van der Waals surface area (Å²) in [6, 6.07) is 9.84. The number of nitrogens with zero attached hydrogens (tertiary/aromatic N) is 1. The van der Waals surface area contributed by atoms with Gasteiger partial charge in [-0.2, -0.15) is 0 Å². The third kappa shape index (κ3) is 6.42. The van der Waals surface area contributed by atoms with Crippen LogP contribution in [0.25, 0.3) is 6.08 Å². The lowest BCUT2D eigenvalue weighted by molar-refractivity contribution is -0.0440. The van der Waals surface area contributed by atoms with Crippen LogP contribution in [-0.4, -0.2) is 48.4 Å².